The number of amides is 3. The lowest BCUT2D eigenvalue weighted by Gasteiger charge is -2.32. The fourth-order valence-electron chi connectivity index (χ4n) is 2.92. The lowest BCUT2D eigenvalue weighted by molar-refractivity contribution is 0.0709. The third kappa shape index (κ3) is 4.36. The van der Waals surface area contributed by atoms with Crippen molar-refractivity contribution in [3.63, 3.8) is 0 Å². The molecule has 7 heteroatoms. The summed E-state index contributed by atoms with van der Waals surface area (Å²) in [5.41, 5.74) is 0.559. The third-order valence-electron chi connectivity index (χ3n) is 4.32. The highest BCUT2D eigenvalue weighted by molar-refractivity contribution is 5.94. The van der Waals surface area contributed by atoms with Crippen molar-refractivity contribution < 1.29 is 18.4 Å². The zero-order valence-electron chi connectivity index (χ0n) is 14.0. The minimum atomic E-state index is -0.830. The predicted octanol–water partition coefficient (Wildman–Crippen LogP) is 3.39. The summed E-state index contributed by atoms with van der Waals surface area (Å²) in [5, 5.41) is 5.13. The summed E-state index contributed by atoms with van der Waals surface area (Å²) in [6.07, 6.45) is 1.22. The normalized spacial score (nSPS) is 14.8. The first-order chi connectivity index (χ1) is 12.5. The van der Waals surface area contributed by atoms with Crippen LogP contribution in [0.1, 0.15) is 23.2 Å². The Kier molecular flexibility index (Phi) is 5.46. The van der Waals surface area contributed by atoms with Gasteiger partial charge in [0.25, 0.3) is 5.91 Å². The van der Waals surface area contributed by atoms with Crippen LogP contribution < -0.4 is 10.6 Å². The summed E-state index contributed by atoms with van der Waals surface area (Å²) >= 11 is 0. The number of hydrogen-bond donors (Lipinski definition) is 2. The van der Waals surface area contributed by atoms with E-state index < -0.39 is 17.7 Å². The number of halogens is 2. The monoisotopic (exact) mass is 359 g/mol. The Hall–Kier alpha value is -2.96. The number of nitrogens with one attached hydrogen (secondary N) is 2. The van der Waals surface area contributed by atoms with Crippen LogP contribution in [-0.4, -0.2) is 36.0 Å². The number of carbonyl (C=O) groups excluding carboxylic acids is 2. The second kappa shape index (κ2) is 7.95. The van der Waals surface area contributed by atoms with Gasteiger partial charge in [0, 0.05) is 30.8 Å². The molecule has 2 aromatic carbocycles. The van der Waals surface area contributed by atoms with Crippen molar-refractivity contribution >= 4 is 17.6 Å². The third-order valence-corrected chi connectivity index (χ3v) is 4.32. The van der Waals surface area contributed by atoms with Crippen molar-refractivity contribution in [2.75, 3.05) is 18.4 Å². The minimum Gasteiger partial charge on any atom is -0.338 e. The molecule has 1 saturated heterocycles. The Morgan fingerprint density at radius 2 is 1.69 bits per heavy atom. The second-order valence-electron chi connectivity index (χ2n) is 6.16. The van der Waals surface area contributed by atoms with Gasteiger partial charge in [-0.15, -0.1) is 0 Å². The molecule has 2 aromatic rings. The quantitative estimate of drug-likeness (QED) is 0.882. The number of benzene rings is 2. The molecular formula is C19H19F2N3O2. The highest BCUT2D eigenvalue weighted by Gasteiger charge is 2.24. The van der Waals surface area contributed by atoms with Gasteiger partial charge in [0.15, 0.2) is 0 Å². The SMILES string of the molecule is O=C(Nc1ccc(F)cc1F)NC1CCN(C(=O)c2ccccc2)CC1. The molecule has 1 heterocycles. The lowest BCUT2D eigenvalue weighted by atomic mass is 10.0. The van der Waals surface area contributed by atoms with E-state index in [-0.39, 0.29) is 17.6 Å². The summed E-state index contributed by atoms with van der Waals surface area (Å²) in [5.74, 6) is -1.56. The van der Waals surface area contributed by atoms with Gasteiger partial charge in [0.1, 0.15) is 11.6 Å². The molecule has 1 aliphatic rings. The molecule has 1 aliphatic heterocycles. The van der Waals surface area contributed by atoms with Gasteiger partial charge < -0.3 is 15.5 Å². The van der Waals surface area contributed by atoms with E-state index in [2.05, 4.69) is 10.6 Å². The smallest absolute Gasteiger partial charge is 0.319 e. The Labute approximate surface area is 150 Å². The lowest BCUT2D eigenvalue weighted by Crippen LogP contribution is -2.47. The standard InChI is InChI=1S/C19H19F2N3O2/c20-14-6-7-17(16(21)12-14)23-19(26)22-15-8-10-24(11-9-15)18(25)13-4-2-1-3-5-13/h1-7,12,15H,8-11H2,(H2,22,23,26). The van der Waals surface area contributed by atoms with Crippen LogP contribution in [0.2, 0.25) is 0 Å². The van der Waals surface area contributed by atoms with E-state index in [4.69, 9.17) is 0 Å². The summed E-state index contributed by atoms with van der Waals surface area (Å²) in [7, 11) is 0. The predicted molar refractivity (Wildman–Crippen MR) is 93.9 cm³/mol. The van der Waals surface area contributed by atoms with Gasteiger partial charge in [0.2, 0.25) is 0 Å². The average Bonchev–Trinajstić information content (AvgIpc) is 2.65. The topological polar surface area (TPSA) is 61.4 Å². The Bertz CT molecular complexity index is 791. The van der Waals surface area contributed by atoms with Crippen LogP contribution in [0.25, 0.3) is 0 Å². The summed E-state index contributed by atoms with van der Waals surface area (Å²) < 4.78 is 26.4. The number of piperidine rings is 1. The van der Waals surface area contributed by atoms with Crippen molar-refractivity contribution in [3.8, 4) is 0 Å². The number of rotatable bonds is 3. The van der Waals surface area contributed by atoms with E-state index in [1.807, 2.05) is 18.2 Å². The number of hydrogen-bond acceptors (Lipinski definition) is 2. The van der Waals surface area contributed by atoms with Crippen LogP contribution in [-0.2, 0) is 0 Å². The average molecular weight is 359 g/mol. The Balaban J connectivity index is 1.49. The van der Waals surface area contributed by atoms with E-state index in [1.165, 1.54) is 6.07 Å². The van der Waals surface area contributed by atoms with E-state index in [0.29, 0.717) is 37.6 Å². The molecule has 26 heavy (non-hydrogen) atoms. The first-order valence-electron chi connectivity index (χ1n) is 8.40. The molecule has 0 atom stereocenters. The first kappa shape index (κ1) is 17.8. The molecule has 0 bridgehead atoms. The fraction of sp³-hybridized carbons (Fsp3) is 0.263. The summed E-state index contributed by atoms with van der Waals surface area (Å²) in [6, 6.07) is 11.3. The Morgan fingerprint density at radius 1 is 1.00 bits per heavy atom. The van der Waals surface area contributed by atoms with Crippen LogP contribution in [0.5, 0.6) is 0 Å². The highest BCUT2D eigenvalue weighted by Crippen LogP contribution is 2.16. The second-order valence-corrected chi connectivity index (χ2v) is 6.16. The fourth-order valence-corrected chi connectivity index (χ4v) is 2.92. The van der Waals surface area contributed by atoms with Crippen molar-refractivity contribution in [3.05, 3.63) is 65.7 Å². The number of carbonyl (C=O) groups is 2. The molecule has 0 spiro atoms. The maximum Gasteiger partial charge on any atom is 0.319 e. The molecule has 0 radical (unpaired) electrons. The maximum atomic E-state index is 13.6. The van der Waals surface area contributed by atoms with Gasteiger partial charge in [-0.3, -0.25) is 4.79 Å². The Morgan fingerprint density at radius 3 is 2.35 bits per heavy atom. The molecule has 0 aromatic heterocycles. The number of anilines is 1. The number of likely N-dealkylation sites (tertiary alicyclic amines) is 1. The van der Waals surface area contributed by atoms with Crippen LogP contribution in [0.3, 0.4) is 0 Å². The zero-order valence-corrected chi connectivity index (χ0v) is 14.0. The van der Waals surface area contributed by atoms with E-state index in [9.17, 15) is 18.4 Å². The molecule has 0 aliphatic carbocycles. The minimum absolute atomic E-state index is 0.0260. The van der Waals surface area contributed by atoms with Gasteiger partial charge in [-0.1, -0.05) is 18.2 Å². The molecule has 3 amide bonds. The molecule has 1 fully saturated rings. The van der Waals surface area contributed by atoms with Crippen LogP contribution in [0, 0.1) is 11.6 Å². The number of nitrogens with zero attached hydrogens (tertiary/aromatic N) is 1. The van der Waals surface area contributed by atoms with Crippen molar-refractivity contribution in [1.29, 1.82) is 0 Å². The molecule has 0 unspecified atom stereocenters. The largest absolute Gasteiger partial charge is 0.338 e. The molecule has 0 saturated carbocycles. The molecule has 3 rings (SSSR count). The van der Waals surface area contributed by atoms with Crippen LogP contribution >= 0.6 is 0 Å². The molecule has 2 N–H and O–H groups in total. The van der Waals surface area contributed by atoms with Crippen molar-refractivity contribution in [2.45, 2.75) is 18.9 Å². The highest BCUT2D eigenvalue weighted by atomic mass is 19.1. The maximum absolute atomic E-state index is 13.6. The van der Waals surface area contributed by atoms with E-state index in [0.717, 1.165) is 6.07 Å². The molecule has 136 valence electrons. The van der Waals surface area contributed by atoms with E-state index in [1.54, 1.807) is 17.0 Å². The molecule has 5 nitrogen and oxygen atoms in total. The van der Waals surface area contributed by atoms with Crippen molar-refractivity contribution in [1.82, 2.24) is 10.2 Å². The summed E-state index contributed by atoms with van der Waals surface area (Å²) in [4.78, 5) is 26.1. The first-order valence-corrected chi connectivity index (χ1v) is 8.40. The molecular weight excluding hydrogens is 340 g/mol. The zero-order chi connectivity index (χ0) is 18.5. The van der Waals surface area contributed by atoms with Gasteiger partial charge in [0.05, 0.1) is 5.69 Å². The van der Waals surface area contributed by atoms with Gasteiger partial charge in [-0.2, -0.15) is 0 Å². The van der Waals surface area contributed by atoms with E-state index >= 15 is 0 Å². The van der Waals surface area contributed by atoms with Crippen molar-refractivity contribution in [2.24, 2.45) is 0 Å². The van der Waals surface area contributed by atoms with Gasteiger partial charge in [-0.05, 0) is 37.1 Å². The number of urea groups is 1. The summed E-state index contributed by atoms with van der Waals surface area (Å²) in [6.45, 7) is 1.06. The van der Waals surface area contributed by atoms with Crippen LogP contribution in [0.15, 0.2) is 48.5 Å². The van der Waals surface area contributed by atoms with Crippen LogP contribution in [0.4, 0.5) is 19.3 Å². The van der Waals surface area contributed by atoms with Gasteiger partial charge >= 0.3 is 6.03 Å². The van der Waals surface area contributed by atoms with Gasteiger partial charge in [-0.25, -0.2) is 13.6 Å².